The highest BCUT2D eigenvalue weighted by molar-refractivity contribution is 6.06. The number of aryl methyl sites for hydroxylation is 1. The van der Waals surface area contributed by atoms with Crippen molar-refractivity contribution in [3.05, 3.63) is 71.9 Å². The summed E-state index contributed by atoms with van der Waals surface area (Å²) < 4.78 is 2.00. The van der Waals surface area contributed by atoms with Crippen molar-refractivity contribution in [3.63, 3.8) is 0 Å². The number of hydrogen-bond donors (Lipinski definition) is 1. The van der Waals surface area contributed by atoms with Gasteiger partial charge in [-0.1, -0.05) is 62.4 Å². The topological polar surface area (TPSA) is 37.3 Å². The van der Waals surface area contributed by atoms with Gasteiger partial charge in [0.2, 0.25) is 0 Å². The SMILES string of the molecule is CCN(CC)[C@H](CNC(=O)c1cn(C)c2ccccc12)c1ccccc1. The van der Waals surface area contributed by atoms with E-state index in [1.807, 2.05) is 48.1 Å². The Hall–Kier alpha value is -2.59. The molecule has 0 aliphatic heterocycles. The molecule has 1 aromatic heterocycles. The number of hydrogen-bond acceptors (Lipinski definition) is 2. The molecule has 3 aromatic rings. The van der Waals surface area contributed by atoms with Gasteiger partial charge in [-0.05, 0) is 24.7 Å². The van der Waals surface area contributed by atoms with Gasteiger partial charge in [-0.2, -0.15) is 0 Å². The second kappa shape index (κ2) is 8.19. The van der Waals surface area contributed by atoms with Crippen molar-refractivity contribution in [3.8, 4) is 0 Å². The Bertz CT molecular complexity index is 865. The molecule has 0 aliphatic carbocycles. The summed E-state index contributed by atoms with van der Waals surface area (Å²) >= 11 is 0. The molecule has 0 saturated carbocycles. The van der Waals surface area contributed by atoms with Crippen LogP contribution in [0.1, 0.15) is 35.8 Å². The fraction of sp³-hybridized carbons (Fsp3) is 0.318. The molecule has 26 heavy (non-hydrogen) atoms. The number of nitrogens with zero attached hydrogens (tertiary/aromatic N) is 2. The van der Waals surface area contributed by atoms with E-state index in [1.165, 1.54) is 5.56 Å². The Morgan fingerprint density at radius 1 is 1.04 bits per heavy atom. The van der Waals surface area contributed by atoms with Crippen molar-refractivity contribution < 1.29 is 4.79 Å². The van der Waals surface area contributed by atoms with Crippen molar-refractivity contribution in [1.82, 2.24) is 14.8 Å². The van der Waals surface area contributed by atoms with E-state index in [9.17, 15) is 4.79 Å². The van der Waals surface area contributed by atoms with E-state index in [2.05, 4.69) is 48.3 Å². The molecule has 136 valence electrons. The zero-order chi connectivity index (χ0) is 18.5. The summed E-state index contributed by atoms with van der Waals surface area (Å²) in [7, 11) is 1.97. The Morgan fingerprint density at radius 2 is 1.69 bits per heavy atom. The minimum Gasteiger partial charge on any atom is -0.350 e. The maximum Gasteiger partial charge on any atom is 0.253 e. The number of rotatable bonds is 7. The molecule has 0 spiro atoms. The highest BCUT2D eigenvalue weighted by atomic mass is 16.1. The molecule has 1 heterocycles. The van der Waals surface area contributed by atoms with Gasteiger partial charge in [0.1, 0.15) is 0 Å². The maximum atomic E-state index is 12.9. The standard InChI is InChI=1S/C22H27N3O/c1-4-25(5-2)21(17-11-7-6-8-12-17)15-23-22(26)19-16-24(3)20-14-10-9-13-18(19)20/h6-14,16,21H,4-5,15H2,1-3H3,(H,23,26)/t21-/m1/s1. The molecule has 4 heteroatoms. The van der Waals surface area contributed by atoms with Gasteiger partial charge in [0, 0.05) is 30.7 Å². The van der Waals surface area contributed by atoms with Crippen LogP contribution in [0.4, 0.5) is 0 Å². The number of benzene rings is 2. The summed E-state index contributed by atoms with van der Waals surface area (Å²) in [6, 6.07) is 18.6. The van der Waals surface area contributed by atoms with Gasteiger partial charge >= 0.3 is 0 Å². The third-order valence-electron chi connectivity index (χ3n) is 5.04. The highest BCUT2D eigenvalue weighted by Gasteiger charge is 2.20. The van der Waals surface area contributed by atoms with Crippen molar-refractivity contribution >= 4 is 16.8 Å². The zero-order valence-electron chi connectivity index (χ0n) is 15.8. The third kappa shape index (κ3) is 3.65. The van der Waals surface area contributed by atoms with Crippen LogP contribution in [0.2, 0.25) is 0 Å². The summed E-state index contributed by atoms with van der Waals surface area (Å²) in [6.45, 7) is 6.80. The number of nitrogens with one attached hydrogen (secondary N) is 1. The lowest BCUT2D eigenvalue weighted by atomic mass is 10.0. The van der Waals surface area contributed by atoms with Gasteiger partial charge in [-0.3, -0.25) is 9.69 Å². The van der Waals surface area contributed by atoms with E-state index in [-0.39, 0.29) is 11.9 Å². The second-order valence-electron chi connectivity index (χ2n) is 6.53. The predicted molar refractivity (Wildman–Crippen MR) is 107 cm³/mol. The molecule has 0 bridgehead atoms. The van der Waals surface area contributed by atoms with Crippen LogP contribution in [0.15, 0.2) is 60.8 Å². The predicted octanol–water partition coefficient (Wildman–Crippen LogP) is 3.99. The van der Waals surface area contributed by atoms with Crippen LogP contribution in [0.5, 0.6) is 0 Å². The van der Waals surface area contributed by atoms with Gasteiger partial charge < -0.3 is 9.88 Å². The minimum atomic E-state index is -0.0186. The summed E-state index contributed by atoms with van der Waals surface area (Å²) in [6.07, 6.45) is 1.91. The zero-order valence-corrected chi connectivity index (χ0v) is 15.8. The molecule has 0 unspecified atom stereocenters. The van der Waals surface area contributed by atoms with Crippen LogP contribution >= 0.6 is 0 Å². The average molecular weight is 349 g/mol. The molecule has 0 fully saturated rings. The Labute approximate surface area is 155 Å². The maximum absolute atomic E-state index is 12.9. The Kier molecular flexibility index (Phi) is 5.74. The lowest BCUT2D eigenvalue weighted by Gasteiger charge is -2.30. The Morgan fingerprint density at radius 3 is 2.38 bits per heavy atom. The van der Waals surface area contributed by atoms with E-state index in [1.54, 1.807) is 0 Å². The van der Waals surface area contributed by atoms with Crippen molar-refractivity contribution in [2.24, 2.45) is 7.05 Å². The number of fused-ring (bicyclic) bond motifs is 1. The number of carbonyl (C=O) groups is 1. The van der Waals surface area contributed by atoms with Gasteiger partial charge in [0.05, 0.1) is 11.6 Å². The summed E-state index contributed by atoms with van der Waals surface area (Å²) in [5.74, 6) is -0.0186. The molecular weight excluding hydrogens is 322 g/mol. The average Bonchev–Trinajstić information content (AvgIpc) is 3.03. The fourth-order valence-electron chi connectivity index (χ4n) is 3.60. The van der Waals surface area contributed by atoms with E-state index >= 15 is 0 Å². The summed E-state index contributed by atoms with van der Waals surface area (Å²) in [4.78, 5) is 15.2. The van der Waals surface area contributed by atoms with Crippen LogP contribution in [0.3, 0.4) is 0 Å². The number of amides is 1. The quantitative estimate of drug-likeness (QED) is 0.700. The number of aromatic nitrogens is 1. The number of para-hydroxylation sites is 1. The fourth-order valence-corrected chi connectivity index (χ4v) is 3.60. The highest BCUT2D eigenvalue weighted by Crippen LogP contribution is 2.22. The third-order valence-corrected chi connectivity index (χ3v) is 5.04. The molecular formula is C22H27N3O. The molecule has 1 N–H and O–H groups in total. The minimum absolute atomic E-state index is 0.0186. The van der Waals surface area contributed by atoms with Crippen molar-refractivity contribution in [2.45, 2.75) is 19.9 Å². The van der Waals surface area contributed by atoms with E-state index in [0.29, 0.717) is 6.54 Å². The van der Waals surface area contributed by atoms with E-state index in [0.717, 1.165) is 29.6 Å². The van der Waals surface area contributed by atoms with Crippen molar-refractivity contribution in [2.75, 3.05) is 19.6 Å². The molecule has 0 saturated heterocycles. The van der Waals surface area contributed by atoms with Gasteiger partial charge in [0.15, 0.2) is 0 Å². The first-order valence-electron chi connectivity index (χ1n) is 9.27. The monoisotopic (exact) mass is 349 g/mol. The van der Waals surface area contributed by atoms with Crippen LogP contribution in [0.25, 0.3) is 10.9 Å². The molecule has 1 amide bonds. The number of likely N-dealkylation sites (N-methyl/N-ethyl adjacent to an activating group) is 1. The molecule has 1 atom stereocenters. The normalized spacial score (nSPS) is 12.5. The lowest BCUT2D eigenvalue weighted by Crippen LogP contribution is -2.38. The van der Waals surface area contributed by atoms with Gasteiger partial charge in [0.25, 0.3) is 5.91 Å². The van der Waals surface area contributed by atoms with Crippen LogP contribution in [0, 0.1) is 0 Å². The smallest absolute Gasteiger partial charge is 0.253 e. The molecule has 0 aliphatic rings. The molecule has 0 radical (unpaired) electrons. The van der Waals surface area contributed by atoms with E-state index < -0.39 is 0 Å². The van der Waals surface area contributed by atoms with E-state index in [4.69, 9.17) is 0 Å². The summed E-state index contributed by atoms with van der Waals surface area (Å²) in [5, 5.41) is 4.15. The second-order valence-corrected chi connectivity index (χ2v) is 6.53. The van der Waals surface area contributed by atoms with Gasteiger partial charge in [-0.15, -0.1) is 0 Å². The lowest BCUT2D eigenvalue weighted by molar-refractivity contribution is 0.0936. The van der Waals surface area contributed by atoms with Crippen LogP contribution in [-0.2, 0) is 7.05 Å². The number of carbonyl (C=O) groups excluding carboxylic acids is 1. The first kappa shape index (κ1) is 18.2. The molecule has 2 aromatic carbocycles. The molecule has 3 rings (SSSR count). The van der Waals surface area contributed by atoms with Gasteiger partial charge in [-0.25, -0.2) is 0 Å². The van der Waals surface area contributed by atoms with Crippen LogP contribution in [-0.4, -0.2) is 35.0 Å². The first-order valence-corrected chi connectivity index (χ1v) is 9.27. The van der Waals surface area contributed by atoms with Crippen molar-refractivity contribution in [1.29, 1.82) is 0 Å². The largest absolute Gasteiger partial charge is 0.350 e. The Balaban J connectivity index is 1.81. The summed E-state index contributed by atoms with van der Waals surface area (Å²) in [5.41, 5.74) is 3.03. The van der Waals surface area contributed by atoms with Crippen LogP contribution < -0.4 is 5.32 Å². The molecule has 4 nitrogen and oxygen atoms in total. The first-order chi connectivity index (χ1) is 12.7.